The van der Waals surface area contributed by atoms with Gasteiger partial charge >= 0.3 is 6.18 Å². The zero-order valence-corrected chi connectivity index (χ0v) is 7.26. The largest absolute Gasteiger partial charge is 0.418 e. The molecule has 0 fully saturated rings. The van der Waals surface area contributed by atoms with Crippen molar-refractivity contribution in [3.63, 3.8) is 0 Å². The third-order valence-electron chi connectivity index (χ3n) is 1.60. The summed E-state index contributed by atoms with van der Waals surface area (Å²) in [7, 11) is 0. The van der Waals surface area contributed by atoms with Gasteiger partial charge in [-0.25, -0.2) is 0 Å². The Balaban J connectivity index is 3.20. The molecule has 0 bridgehead atoms. The molecule has 1 rings (SSSR count). The van der Waals surface area contributed by atoms with Gasteiger partial charge in [0.2, 0.25) is 0 Å². The first-order valence-corrected chi connectivity index (χ1v) is 3.81. The highest BCUT2D eigenvalue weighted by Gasteiger charge is 2.34. The van der Waals surface area contributed by atoms with Crippen molar-refractivity contribution >= 4 is 0 Å². The Bertz CT molecular complexity index is 294. The number of hydrogen-bond donors (Lipinski definition) is 0. The minimum atomic E-state index is -4.34. The summed E-state index contributed by atoms with van der Waals surface area (Å²) in [5.74, 6) is -0.273. The number of aromatic nitrogens is 2. The third-order valence-corrected chi connectivity index (χ3v) is 1.60. The molecule has 0 aliphatic carbocycles. The van der Waals surface area contributed by atoms with Crippen molar-refractivity contribution in [3.8, 4) is 0 Å². The van der Waals surface area contributed by atoms with E-state index in [1.807, 2.05) is 0 Å². The van der Waals surface area contributed by atoms with Crippen molar-refractivity contribution in [1.29, 1.82) is 0 Å². The molecule has 0 aliphatic rings. The lowest BCUT2D eigenvalue weighted by Crippen LogP contribution is -2.12. The maximum absolute atomic E-state index is 12.3. The number of halogens is 3. The summed E-state index contributed by atoms with van der Waals surface area (Å²) < 4.78 is 37.0. The lowest BCUT2D eigenvalue weighted by molar-refractivity contribution is -0.138. The summed E-state index contributed by atoms with van der Waals surface area (Å²) in [6.45, 7) is 3.30. The molecule has 0 aliphatic heterocycles. The summed E-state index contributed by atoms with van der Waals surface area (Å²) in [5, 5.41) is 6.90. The quantitative estimate of drug-likeness (QED) is 0.680. The van der Waals surface area contributed by atoms with Gasteiger partial charge in [-0.3, -0.25) is 0 Å². The van der Waals surface area contributed by atoms with E-state index in [0.29, 0.717) is 0 Å². The van der Waals surface area contributed by atoms with Gasteiger partial charge in [0.25, 0.3) is 0 Å². The first-order chi connectivity index (χ1) is 5.93. The predicted molar refractivity (Wildman–Crippen MR) is 41.1 cm³/mol. The molecule has 0 atom stereocenters. The van der Waals surface area contributed by atoms with Gasteiger partial charge in [-0.1, -0.05) is 13.8 Å². The molecule has 1 aromatic heterocycles. The van der Waals surface area contributed by atoms with Crippen LogP contribution in [0.25, 0.3) is 0 Å². The van der Waals surface area contributed by atoms with Gasteiger partial charge in [0, 0.05) is 0 Å². The molecule has 0 unspecified atom stereocenters. The minimum absolute atomic E-state index is 0.00463. The number of rotatable bonds is 1. The van der Waals surface area contributed by atoms with Gasteiger partial charge < -0.3 is 0 Å². The highest BCUT2D eigenvalue weighted by molar-refractivity contribution is 5.23. The predicted octanol–water partition coefficient (Wildman–Crippen LogP) is 2.62. The fourth-order valence-corrected chi connectivity index (χ4v) is 1.01. The van der Waals surface area contributed by atoms with Crippen molar-refractivity contribution < 1.29 is 13.2 Å². The van der Waals surface area contributed by atoms with Gasteiger partial charge in [-0.2, -0.15) is 23.4 Å². The first-order valence-electron chi connectivity index (χ1n) is 3.81. The van der Waals surface area contributed by atoms with Gasteiger partial charge in [0.1, 0.15) is 0 Å². The van der Waals surface area contributed by atoms with Crippen LogP contribution < -0.4 is 0 Å². The van der Waals surface area contributed by atoms with Crippen LogP contribution in [0.4, 0.5) is 13.2 Å². The summed E-state index contributed by atoms with van der Waals surface area (Å²) in [6.07, 6.45) is -3.29. The Hall–Kier alpha value is -1.13. The molecule has 2 nitrogen and oxygen atoms in total. The molecular weight excluding hydrogens is 181 g/mol. The minimum Gasteiger partial charge on any atom is -0.166 e. The highest BCUT2D eigenvalue weighted by Crippen LogP contribution is 2.33. The Labute approximate surface area is 73.8 Å². The van der Waals surface area contributed by atoms with E-state index in [2.05, 4.69) is 10.2 Å². The zero-order chi connectivity index (χ0) is 10.1. The van der Waals surface area contributed by atoms with E-state index in [9.17, 15) is 13.2 Å². The average Bonchev–Trinajstić information content (AvgIpc) is 2.03. The summed E-state index contributed by atoms with van der Waals surface area (Å²) in [4.78, 5) is 0. The Morgan fingerprint density at radius 2 is 1.92 bits per heavy atom. The Morgan fingerprint density at radius 3 is 2.31 bits per heavy atom. The fourth-order valence-electron chi connectivity index (χ4n) is 1.01. The number of alkyl halides is 3. The summed E-state index contributed by atoms with van der Waals surface area (Å²) in [5.41, 5.74) is -0.701. The van der Waals surface area contributed by atoms with E-state index in [-0.39, 0.29) is 11.6 Å². The van der Waals surface area contributed by atoms with Crippen molar-refractivity contribution in [1.82, 2.24) is 10.2 Å². The lowest BCUT2D eigenvalue weighted by Gasteiger charge is -2.12. The SMILES string of the molecule is CC(C)c1nnccc1C(F)(F)F. The Kier molecular flexibility index (Phi) is 2.54. The maximum atomic E-state index is 12.3. The van der Waals surface area contributed by atoms with E-state index < -0.39 is 11.7 Å². The number of nitrogens with zero attached hydrogens (tertiary/aromatic N) is 2. The fraction of sp³-hybridized carbons (Fsp3) is 0.500. The lowest BCUT2D eigenvalue weighted by atomic mass is 10.0. The second-order valence-corrected chi connectivity index (χ2v) is 2.98. The topological polar surface area (TPSA) is 25.8 Å². The van der Waals surface area contributed by atoms with Crippen LogP contribution in [-0.2, 0) is 6.18 Å². The molecule has 0 aromatic carbocycles. The maximum Gasteiger partial charge on any atom is 0.418 e. The van der Waals surface area contributed by atoms with Gasteiger partial charge in [-0.05, 0) is 12.0 Å². The normalized spacial score (nSPS) is 12.2. The standard InChI is InChI=1S/C8H9F3N2/c1-5(2)7-6(8(9,10)11)3-4-12-13-7/h3-5H,1-2H3. The molecule has 0 N–H and O–H groups in total. The molecule has 0 amide bonds. The molecular formula is C8H9F3N2. The van der Waals surface area contributed by atoms with Crippen LogP contribution >= 0.6 is 0 Å². The van der Waals surface area contributed by atoms with Gasteiger partial charge in [-0.15, -0.1) is 0 Å². The van der Waals surface area contributed by atoms with Gasteiger partial charge in [0.05, 0.1) is 17.5 Å². The third kappa shape index (κ3) is 2.17. The smallest absolute Gasteiger partial charge is 0.166 e. The summed E-state index contributed by atoms with van der Waals surface area (Å²) in [6, 6.07) is 0.947. The van der Waals surface area contributed by atoms with E-state index in [1.165, 1.54) is 0 Å². The zero-order valence-electron chi connectivity index (χ0n) is 7.26. The van der Waals surface area contributed by atoms with Crippen LogP contribution in [0.15, 0.2) is 12.3 Å². The van der Waals surface area contributed by atoms with E-state index in [0.717, 1.165) is 12.3 Å². The second-order valence-electron chi connectivity index (χ2n) is 2.98. The van der Waals surface area contributed by atoms with Crippen molar-refractivity contribution in [2.75, 3.05) is 0 Å². The molecule has 72 valence electrons. The Morgan fingerprint density at radius 1 is 1.31 bits per heavy atom. The van der Waals surface area contributed by atoms with Crippen LogP contribution in [-0.4, -0.2) is 10.2 Å². The van der Waals surface area contributed by atoms with E-state index in [4.69, 9.17) is 0 Å². The molecule has 1 heterocycles. The highest BCUT2D eigenvalue weighted by atomic mass is 19.4. The van der Waals surface area contributed by atoms with Crippen LogP contribution in [0, 0.1) is 0 Å². The van der Waals surface area contributed by atoms with Crippen molar-refractivity contribution in [3.05, 3.63) is 23.5 Å². The number of hydrogen-bond acceptors (Lipinski definition) is 2. The van der Waals surface area contributed by atoms with Gasteiger partial charge in [0.15, 0.2) is 0 Å². The molecule has 5 heteroatoms. The average molecular weight is 190 g/mol. The molecule has 0 saturated heterocycles. The second kappa shape index (κ2) is 3.32. The monoisotopic (exact) mass is 190 g/mol. The molecule has 13 heavy (non-hydrogen) atoms. The summed E-state index contributed by atoms with van der Waals surface area (Å²) >= 11 is 0. The van der Waals surface area contributed by atoms with E-state index >= 15 is 0 Å². The molecule has 0 radical (unpaired) electrons. The molecule has 1 aromatic rings. The van der Waals surface area contributed by atoms with Crippen LogP contribution in [0.1, 0.15) is 31.0 Å². The van der Waals surface area contributed by atoms with Crippen molar-refractivity contribution in [2.24, 2.45) is 0 Å². The molecule has 0 saturated carbocycles. The van der Waals surface area contributed by atoms with Crippen molar-refractivity contribution in [2.45, 2.75) is 25.9 Å². The molecule has 0 spiro atoms. The van der Waals surface area contributed by atoms with Crippen LogP contribution in [0.5, 0.6) is 0 Å². The first kappa shape index (κ1) is 9.95. The van der Waals surface area contributed by atoms with Crippen LogP contribution in [0.2, 0.25) is 0 Å². The van der Waals surface area contributed by atoms with E-state index in [1.54, 1.807) is 13.8 Å². The van der Waals surface area contributed by atoms with Crippen LogP contribution in [0.3, 0.4) is 0 Å².